The average Bonchev–Trinajstić information content (AvgIpc) is 3.31. The first-order valence-electron chi connectivity index (χ1n) is 8.93. The first-order chi connectivity index (χ1) is 13.5. The van der Waals surface area contributed by atoms with Gasteiger partial charge in [0.15, 0.2) is 0 Å². The summed E-state index contributed by atoms with van der Waals surface area (Å²) in [4.78, 5) is 24.6. The highest BCUT2D eigenvalue weighted by atomic mass is 32.1. The number of alkyl halides is 3. The number of carbonyl (C=O) groups excluding carboxylic acids is 1. The molecule has 2 saturated heterocycles. The molecule has 2 aliphatic heterocycles. The van der Waals surface area contributed by atoms with Crippen LogP contribution in [0.3, 0.4) is 0 Å². The summed E-state index contributed by atoms with van der Waals surface area (Å²) in [6.07, 6.45) is -5.08. The van der Waals surface area contributed by atoms with E-state index in [4.69, 9.17) is 19.4 Å². The third-order valence-electron chi connectivity index (χ3n) is 4.93. The van der Waals surface area contributed by atoms with Crippen LogP contribution in [0.5, 0.6) is 0 Å². The van der Waals surface area contributed by atoms with E-state index in [0.717, 1.165) is 32.8 Å². The van der Waals surface area contributed by atoms with Crippen LogP contribution in [0.25, 0.3) is 0 Å². The quantitative estimate of drug-likeness (QED) is 0.731. The Hall–Kier alpha value is -1.69. The second-order valence-electron chi connectivity index (χ2n) is 7.46. The van der Waals surface area contributed by atoms with Gasteiger partial charge in [0.2, 0.25) is 5.91 Å². The molecule has 2 aliphatic rings. The van der Waals surface area contributed by atoms with Gasteiger partial charge in [-0.25, -0.2) is 4.79 Å². The maximum Gasteiger partial charge on any atom is 0.490 e. The first kappa shape index (κ1) is 23.6. The first-order valence-corrected chi connectivity index (χ1v) is 9.87. The third kappa shape index (κ3) is 6.66. The van der Waals surface area contributed by atoms with Crippen molar-refractivity contribution in [3.8, 4) is 0 Å². The van der Waals surface area contributed by atoms with Gasteiger partial charge >= 0.3 is 12.1 Å². The van der Waals surface area contributed by atoms with Crippen LogP contribution in [0, 0.1) is 11.3 Å². The number of carbonyl (C=O) groups is 2. The number of nitrogens with zero attached hydrogens (tertiary/aromatic N) is 2. The van der Waals surface area contributed by atoms with Gasteiger partial charge in [0, 0.05) is 45.1 Å². The summed E-state index contributed by atoms with van der Waals surface area (Å²) in [5.41, 5.74) is 1.44. The van der Waals surface area contributed by atoms with Crippen molar-refractivity contribution in [2.75, 3.05) is 53.6 Å². The van der Waals surface area contributed by atoms with E-state index in [9.17, 15) is 18.0 Å². The van der Waals surface area contributed by atoms with Crippen molar-refractivity contribution in [2.24, 2.45) is 11.3 Å². The van der Waals surface area contributed by atoms with Crippen molar-refractivity contribution in [3.63, 3.8) is 0 Å². The maximum absolute atomic E-state index is 11.6. The minimum absolute atomic E-state index is 0.0139. The monoisotopic (exact) mass is 438 g/mol. The number of carboxylic acids is 1. The Labute approximate surface area is 171 Å². The molecule has 0 unspecified atom stereocenters. The molecule has 0 spiro atoms. The van der Waals surface area contributed by atoms with Gasteiger partial charge in [0.25, 0.3) is 0 Å². The minimum Gasteiger partial charge on any atom is -0.475 e. The number of hydrogen-bond donors (Lipinski definition) is 1. The number of carboxylic acid groups (broad SMARTS) is 1. The van der Waals surface area contributed by atoms with Crippen LogP contribution in [0.15, 0.2) is 16.8 Å². The third-order valence-corrected chi connectivity index (χ3v) is 5.67. The molecular formula is C18H25F3N2O5S. The second kappa shape index (κ2) is 9.88. The molecule has 1 N–H and O–H groups in total. The molecule has 2 atom stereocenters. The van der Waals surface area contributed by atoms with E-state index < -0.39 is 12.1 Å². The molecule has 29 heavy (non-hydrogen) atoms. The number of thiophene rings is 1. The molecule has 1 amide bonds. The zero-order chi connectivity index (χ0) is 21.7. The average molecular weight is 438 g/mol. The Morgan fingerprint density at radius 3 is 2.69 bits per heavy atom. The number of likely N-dealkylation sites (N-methyl/N-ethyl adjacent to an activating group) is 1. The SMILES string of the molecule is CN(C)C(=O)COC[C@]12COC[C@H]1CN(Cc1ccsc1)C2.O=C(O)C(F)(F)F. The van der Waals surface area contributed by atoms with Crippen molar-refractivity contribution < 1.29 is 37.3 Å². The number of amides is 1. The lowest BCUT2D eigenvalue weighted by Crippen LogP contribution is -2.37. The molecule has 2 fully saturated rings. The zero-order valence-electron chi connectivity index (χ0n) is 16.3. The summed E-state index contributed by atoms with van der Waals surface area (Å²) in [6, 6.07) is 2.19. The molecule has 11 heteroatoms. The predicted molar refractivity (Wildman–Crippen MR) is 99.5 cm³/mol. The Kier molecular flexibility index (Phi) is 8.03. The molecule has 0 radical (unpaired) electrons. The molecule has 0 aromatic carbocycles. The summed E-state index contributed by atoms with van der Waals surface area (Å²) in [5, 5.41) is 11.5. The lowest BCUT2D eigenvalue weighted by molar-refractivity contribution is -0.192. The molecule has 1 aromatic heterocycles. The Morgan fingerprint density at radius 2 is 2.14 bits per heavy atom. The number of halogens is 3. The number of likely N-dealkylation sites (tertiary alicyclic amines) is 1. The van der Waals surface area contributed by atoms with Crippen LogP contribution in [0.2, 0.25) is 0 Å². The van der Waals surface area contributed by atoms with Gasteiger partial charge in [-0.1, -0.05) is 0 Å². The number of hydrogen-bond acceptors (Lipinski definition) is 6. The molecule has 3 heterocycles. The molecule has 3 rings (SSSR count). The van der Waals surface area contributed by atoms with E-state index in [0.29, 0.717) is 12.5 Å². The van der Waals surface area contributed by atoms with Gasteiger partial charge in [0.05, 0.1) is 19.8 Å². The molecule has 7 nitrogen and oxygen atoms in total. The largest absolute Gasteiger partial charge is 0.490 e. The summed E-state index contributed by atoms with van der Waals surface area (Å²) in [7, 11) is 3.51. The lowest BCUT2D eigenvalue weighted by atomic mass is 9.82. The van der Waals surface area contributed by atoms with E-state index >= 15 is 0 Å². The van der Waals surface area contributed by atoms with Gasteiger partial charge in [-0.05, 0) is 22.4 Å². The summed E-state index contributed by atoms with van der Waals surface area (Å²) in [5.74, 6) is -2.23. The van der Waals surface area contributed by atoms with Gasteiger partial charge in [0.1, 0.15) is 6.61 Å². The van der Waals surface area contributed by atoms with Gasteiger partial charge in [-0.2, -0.15) is 24.5 Å². The molecule has 0 aliphatic carbocycles. The van der Waals surface area contributed by atoms with Gasteiger partial charge in [-0.15, -0.1) is 0 Å². The van der Waals surface area contributed by atoms with Crippen molar-refractivity contribution in [1.29, 1.82) is 0 Å². The fraction of sp³-hybridized carbons (Fsp3) is 0.667. The van der Waals surface area contributed by atoms with Crippen LogP contribution in [-0.2, 0) is 25.6 Å². The number of aliphatic carboxylic acids is 1. The smallest absolute Gasteiger partial charge is 0.475 e. The Balaban J connectivity index is 0.000000370. The summed E-state index contributed by atoms with van der Waals surface area (Å²) in [6.45, 7) is 5.37. The van der Waals surface area contributed by atoms with E-state index in [2.05, 4.69) is 21.7 Å². The summed E-state index contributed by atoms with van der Waals surface area (Å²) >= 11 is 1.74. The second-order valence-corrected chi connectivity index (χ2v) is 8.24. The van der Waals surface area contributed by atoms with Crippen LogP contribution in [0.4, 0.5) is 13.2 Å². The van der Waals surface area contributed by atoms with Crippen molar-refractivity contribution in [3.05, 3.63) is 22.4 Å². The molecular weight excluding hydrogens is 413 g/mol. The van der Waals surface area contributed by atoms with Crippen molar-refractivity contribution >= 4 is 23.2 Å². The molecule has 0 bridgehead atoms. The van der Waals surface area contributed by atoms with Crippen molar-refractivity contribution in [2.45, 2.75) is 12.7 Å². The van der Waals surface area contributed by atoms with E-state index in [-0.39, 0.29) is 17.9 Å². The standard InChI is InChI=1S/C16H24N2O3S.C2HF3O2/c1-17(2)15(19)8-21-12-16-10-18(5-13-3-4-22-9-13)6-14(16)7-20-11-16;3-2(4,5)1(6)7/h3-4,9,14H,5-8,10-12H2,1-2H3;(H,6,7)/t14-,16+;/m1./s1. The molecule has 1 aromatic rings. The molecule has 164 valence electrons. The predicted octanol–water partition coefficient (Wildman–Crippen LogP) is 1.93. The zero-order valence-corrected chi connectivity index (χ0v) is 17.1. The van der Waals surface area contributed by atoms with Crippen LogP contribution in [-0.4, -0.2) is 86.6 Å². The van der Waals surface area contributed by atoms with Crippen LogP contribution in [0.1, 0.15) is 5.56 Å². The molecule has 0 saturated carbocycles. The van der Waals surface area contributed by atoms with Crippen LogP contribution < -0.4 is 0 Å². The normalized spacial score (nSPS) is 24.0. The van der Waals surface area contributed by atoms with Crippen molar-refractivity contribution in [1.82, 2.24) is 9.80 Å². The summed E-state index contributed by atoms with van der Waals surface area (Å²) < 4.78 is 43.2. The lowest BCUT2D eigenvalue weighted by Gasteiger charge is -2.27. The van der Waals surface area contributed by atoms with E-state index in [1.807, 2.05) is 0 Å². The fourth-order valence-electron chi connectivity index (χ4n) is 3.38. The minimum atomic E-state index is -5.08. The van der Waals surface area contributed by atoms with Gasteiger partial charge in [-0.3, -0.25) is 9.69 Å². The topological polar surface area (TPSA) is 79.3 Å². The van der Waals surface area contributed by atoms with Crippen LogP contribution >= 0.6 is 11.3 Å². The number of ether oxygens (including phenoxy) is 2. The fourth-order valence-corrected chi connectivity index (χ4v) is 4.04. The van der Waals surface area contributed by atoms with Gasteiger partial charge < -0.3 is 19.5 Å². The maximum atomic E-state index is 11.6. The Bertz CT molecular complexity index is 684. The highest BCUT2D eigenvalue weighted by Crippen LogP contribution is 2.42. The number of fused-ring (bicyclic) bond motifs is 1. The Morgan fingerprint density at radius 1 is 1.45 bits per heavy atom. The number of rotatable bonds is 6. The van der Waals surface area contributed by atoms with E-state index in [1.165, 1.54) is 5.56 Å². The highest BCUT2D eigenvalue weighted by Gasteiger charge is 2.50. The van der Waals surface area contributed by atoms with E-state index in [1.54, 1.807) is 30.3 Å². The highest BCUT2D eigenvalue weighted by molar-refractivity contribution is 7.07.